The topological polar surface area (TPSA) is 93.8 Å². The molecule has 0 aliphatic heterocycles. The molecule has 9 heteroatoms. The molecule has 39 heavy (non-hydrogen) atoms. The zero-order valence-electron chi connectivity index (χ0n) is 22.1. The predicted octanol–water partition coefficient (Wildman–Crippen LogP) is 5.73. The molecule has 2 N–H and O–H groups in total. The van der Waals surface area contributed by atoms with Crippen molar-refractivity contribution in [3.63, 3.8) is 0 Å². The molecule has 0 saturated heterocycles. The lowest BCUT2D eigenvalue weighted by atomic mass is 10.1. The van der Waals surface area contributed by atoms with Gasteiger partial charge in [-0.15, -0.1) is 5.10 Å². The predicted molar refractivity (Wildman–Crippen MR) is 154 cm³/mol. The van der Waals surface area contributed by atoms with Gasteiger partial charge in [0.2, 0.25) is 11.8 Å². The maximum absolute atomic E-state index is 12.6. The Labute approximate surface area is 233 Å². The number of nitrogens with zero attached hydrogens (tertiary/aromatic N) is 4. The Kier molecular flexibility index (Phi) is 8.93. The normalized spacial score (nSPS) is 14.3. The minimum absolute atomic E-state index is 0.0405. The fraction of sp³-hybridized carbons (Fsp3) is 0.400. The van der Waals surface area contributed by atoms with Crippen LogP contribution in [0.1, 0.15) is 62.6 Å². The molecule has 0 bridgehead atoms. The van der Waals surface area contributed by atoms with E-state index in [0.717, 1.165) is 36.9 Å². The lowest BCUT2D eigenvalue weighted by Gasteiger charge is -2.16. The van der Waals surface area contributed by atoms with Crippen LogP contribution < -0.4 is 10.6 Å². The zero-order valence-corrected chi connectivity index (χ0v) is 22.9. The molecule has 2 aromatic heterocycles. The van der Waals surface area contributed by atoms with Crippen molar-refractivity contribution in [2.75, 3.05) is 5.32 Å². The van der Waals surface area contributed by atoms with Gasteiger partial charge in [-0.05, 0) is 49.4 Å². The molecular formula is C30H35ClN6O2. The van der Waals surface area contributed by atoms with Crippen molar-refractivity contribution in [2.45, 2.75) is 76.9 Å². The van der Waals surface area contributed by atoms with Gasteiger partial charge in [0.25, 0.3) is 0 Å². The number of amides is 2. The first-order valence-electron chi connectivity index (χ1n) is 13.8. The summed E-state index contributed by atoms with van der Waals surface area (Å²) in [5.41, 5.74) is 3.66. The average molecular weight is 547 g/mol. The average Bonchev–Trinajstić information content (AvgIpc) is 3.40. The first-order chi connectivity index (χ1) is 19.0. The molecule has 4 aromatic rings. The van der Waals surface area contributed by atoms with E-state index in [9.17, 15) is 9.59 Å². The molecule has 204 valence electrons. The summed E-state index contributed by atoms with van der Waals surface area (Å²) in [4.78, 5) is 25.0. The summed E-state index contributed by atoms with van der Waals surface area (Å²) in [5.74, 6) is -0.0582. The lowest BCUT2D eigenvalue weighted by molar-refractivity contribution is -0.122. The minimum atomic E-state index is -0.226. The van der Waals surface area contributed by atoms with Gasteiger partial charge >= 0.3 is 0 Å². The molecule has 0 spiro atoms. The lowest BCUT2D eigenvalue weighted by Crippen LogP contribution is -2.34. The Morgan fingerprint density at radius 3 is 2.54 bits per heavy atom. The van der Waals surface area contributed by atoms with Crippen LogP contribution in [0.2, 0.25) is 5.02 Å². The van der Waals surface area contributed by atoms with E-state index in [-0.39, 0.29) is 18.4 Å². The van der Waals surface area contributed by atoms with Crippen molar-refractivity contribution in [2.24, 2.45) is 0 Å². The van der Waals surface area contributed by atoms with E-state index < -0.39 is 0 Å². The summed E-state index contributed by atoms with van der Waals surface area (Å²) in [7, 11) is 0. The highest BCUT2D eigenvalue weighted by Crippen LogP contribution is 2.24. The number of aryl methyl sites for hydroxylation is 1. The Morgan fingerprint density at radius 2 is 1.72 bits per heavy atom. The first kappa shape index (κ1) is 26.9. The van der Waals surface area contributed by atoms with Crippen LogP contribution in [-0.4, -0.2) is 37.4 Å². The highest BCUT2D eigenvalue weighted by molar-refractivity contribution is 6.33. The number of benzene rings is 2. The maximum Gasteiger partial charge on any atom is 0.246 e. The first-order valence-corrected chi connectivity index (χ1v) is 14.2. The molecule has 8 nitrogen and oxygen atoms in total. The number of hydrogen-bond donors (Lipinski definition) is 2. The summed E-state index contributed by atoms with van der Waals surface area (Å²) in [6.07, 6.45) is 13.3. The fourth-order valence-electron chi connectivity index (χ4n) is 5.38. The van der Waals surface area contributed by atoms with E-state index in [1.54, 1.807) is 18.3 Å². The monoisotopic (exact) mass is 546 g/mol. The molecule has 2 amide bonds. The van der Waals surface area contributed by atoms with E-state index in [0.29, 0.717) is 29.7 Å². The van der Waals surface area contributed by atoms with Gasteiger partial charge in [-0.3, -0.25) is 9.59 Å². The van der Waals surface area contributed by atoms with Gasteiger partial charge in [0.15, 0.2) is 0 Å². The number of rotatable bonds is 10. The van der Waals surface area contributed by atoms with Crippen LogP contribution in [0, 0.1) is 0 Å². The van der Waals surface area contributed by atoms with Gasteiger partial charge in [-0.25, -0.2) is 4.68 Å². The number of hydrogen-bond acceptors (Lipinski definition) is 4. The SMILES string of the molecule is O=C(Cn1cc(Cn2cc(CCCC(=O)NC3CCCCCC3)c3ccccc32)nn1)Nc1ccccc1Cl. The van der Waals surface area contributed by atoms with Crippen molar-refractivity contribution in [1.82, 2.24) is 24.9 Å². The number of anilines is 1. The maximum atomic E-state index is 12.6. The molecule has 5 rings (SSSR count). The smallest absolute Gasteiger partial charge is 0.246 e. The summed E-state index contributed by atoms with van der Waals surface area (Å²) in [5, 5.41) is 16.2. The van der Waals surface area contributed by atoms with E-state index in [1.165, 1.54) is 41.3 Å². The van der Waals surface area contributed by atoms with Crippen molar-refractivity contribution < 1.29 is 9.59 Å². The molecule has 1 aliphatic carbocycles. The van der Waals surface area contributed by atoms with Gasteiger partial charge in [-0.1, -0.05) is 72.8 Å². The standard InChI is InChI=1S/C30H35ClN6O2/c31-26-14-6-7-15-27(26)33-30(39)21-37-20-24(34-35-37)19-36-18-22(25-13-5-8-16-28(25)36)10-9-17-29(38)32-23-11-3-1-2-4-12-23/h5-8,13-16,18,20,23H,1-4,9-12,17,19,21H2,(H,32,38)(H,33,39). The third-order valence-corrected chi connectivity index (χ3v) is 7.64. The Balaban J connectivity index is 1.18. The molecule has 1 saturated carbocycles. The second-order valence-corrected chi connectivity index (χ2v) is 10.8. The van der Waals surface area contributed by atoms with Crippen molar-refractivity contribution in [1.29, 1.82) is 0 Å². The second kappa shape index (κ2) is 12.9. The summed E-state index contributed by atoms with van der Waals surface area (Å²) < 4.78 is 3.69. The van der Waals surface area contributed by atoms with Crippen LogP contribution in [-0.2, 0) is 29.1 Å². The van der Waals surface area contributed by atoms with Gasteiger partial charge < -0.3 is 15.2 Å². The number of para-hydroxylation sites is 2. The van der Waals surface area contributed by atoms with E-state index in [4.69, 9.17) is 11.6 Å². The number of halogens is 1. The van der Waals surface area contributed by atoms with Crippen LogP contribution in [0.25, 0.3) is 10.9 Å². The van der Waals surface area contributed by atoms with Crippen LogP contribution >= 0.6 is 11.6 Å². The fourth-order valence-corrected chi connectivity index (χ4v) is 5.56. The van der Waals surface area contributed by atoms with E-state index >= 15 is 0 Å². The number of aromatic nitrogens is 4. The van der Waals surface area contributed by atoms with Crippen molar-refractivity contribution >= 4 is 40.0 Å². The van der Waals surface area contributed by atoms with Crippen molar-refractivity contribution in [3.8, 4) is 0 Å². The molecule has 0 atom stereocenters. The molecule has 1 fully saturated rings. The Hall–Kier alpha value is -3.65. The van der Waals surface area contributed by atoms with Crippen LogP contribution in [0.3, 0.4) is 0 Å². The third-order valence-electron chi connectivity index (χ3n) is 7.31. The largest absolute Gasteiger partial charge is 0.353 e. The molecule has 0 unspecified atom stereocenters. The molecule has 2 heterocycles. The summed E-state index contributed by atoms with van der Waals surface area (Å²) >= 11 is 6.14. The van der Waals surface area contributed by atoms with Gasteiger partial charge in [0.05, 0.1) is 23.5 Å². The van der Waals surface area contributed by atoms with E-state index in [2.05, 4.69) is 43.8 Å². The highest BCUT2D eigenvalue weighted by atomic mass is 35.5. The molecular weight excluding hydrogens is 512 g/mol. The minimum Gasteiger partial charge on any atom is -0.353 e. The highest BCUT2D eigenvalue weighted by Gasteiger charge is 2.16. The third kappa shape index (κ3) is 7.26. The molecule has 2 aromatic carbocycles. The zero-order chi connectivity index (χ0) is 27.0. The van der Waals surface area contributed by atoms with Crippen LogP contribution in [0.5, 0.6) is 0 Å². The second-order valence-electron chi connectivity index (χ2n) is 10.3. The van der Waals surface area contributed by atoms with Gasteiger partial charge in [0, 0.05) is 29.6 Å². The van der Waals surface area contributed by atoms with Crippen LogP contribution in [0.15, 0.2) is 60.9 Å². The Bertz CT molecular complexity index is 1420. The quantitative estimate of drug-likeness (QED) is 0.248. The van der Waals surface area contributed by atoms with Crippen molar-refractivity contribution in [3.05, 3.63) is 77.2 Å². The van der Waals surface area contributed by atoms with E-state index in [1.807, 2.05) is 24.3 Å². The Morgan fingerprint density at radius 1 is 0.949 bits per heavy atom. The van der Waals surface area contributed by atoms with Crippen LogP contribution in [0.4, 0.5) is 5.69 Å². The summed E-state index contributed by atoms with van der Waals surface area (Å²) in [6.45, 7) is 0.577. The summed E-state index contributed by atoms with van der Waals surface area (Å²) in [6, 6.07) is 15.8. The molecule has 1 aliphatic rings. The number of carbonyl (C=O) groups is 2. The van der Waals surface area contributed by atoms with Gasteiger partial charge in [-0.2, -0.15) is 0 Å². The number of carbonyl (C=O) groups excluding carboxylic acids is 2. The number of fused-ring (bicyclic) bond motifs is 1. The van der Waals surface area contributed by atoms with Gasteiger partial charge in [0.1, 0.15) is 12.2 Å². The molecule has 0 radical (unpaired) electrons. The number of nitrogens with one attached hydrogen (secondary N) is 2.